The topological polar surface area (TPSA) is 26.3 Å². The molecule has 0 amide bonds. The smallest absolute Gasteiger partial charge is 0.311 e. The Labute approximate surface area is 139 Å². The number of carbonyl (C=O) groups excluding carboxylic acids is 1. The molecular weight excluding hydrogens is 284 g/mol. The van der Waals surface area contributed by atoms with Crippen LogP contribution in [0.4, 0.5) is 0 Å². The molecule has 2 fully saturated rings. The Kier molecular flexibility index (Phi) is 4.41. The predicted molar refractivity (Wildman–Crippen MR) is 92.1 cm³/mol. The third-order valence-corrected chi connectivity index (χ3v) is 6.15. The van der Waals surface area contributed by atoms with Crippen LogP contribution in [0.2, 0.25) is 0 Å². The molecule has 1 aromatic rings. The van der Waals surface area contributed by atoms with Gasteiger partial charge in [0.25, 0.3) is 0 Å². The minimum atomic E-state index is -0.0417. The van der Waals surface area contributed by atoms with Crippen molar-refractivity contribution in [3.63, 3.8) is 0 Å². The van der Waals surface area contributed by atoms with Gasteiger partial charge in [0.1, 0.15) is 5.75 Å². The zero-order chi connectivity index (χ0) is 15.6. The Morgan fingerprint density at radius 3 is 2.13 bits per heavy atom. The van der Waals surface area contributed by atoms with Gasteiger partial charge in [0.15, 0.2) is 0 Å². The summed E-state index contributed by atoms with van der Waals surface area (Å²) in [6, 6.07) is 4.79. The largest absolute Gasteiger partial charge is 0.426 e. The van der Waals surface area contributed by atoms with Gasteiger partial charge in [-0.2, -0.15) is 0 Å². The van der Waals surface area contributed by atoms with Gasteiger partial charge >= 0.3 is 5.97 Å². The Morgan fingerprint density at radius 2 is 1.43 bits per heavy atom. The van der Waals surface area contributed by atoms with E-state index >= 15 is 0 Å². The molecule has 0 bridgehead atoms. The van der Waals surface area contributed by atoms with Crippen molar-refractivity contribution in [1.29, 1.82) is 0 Å². The second-order valence-corrected chi connectivity index (χ2v) is 7.74. The monoisotopic (exact) mass is 312 g/mol. The Balaban J connectivity index is 1.72. The van der Waals surface area contributed by atoms with Crippen LogP contribution in [0.25, 0.3) is 0 Å². The lowest BCUT2D eigenvalue weighted by atomic mass is 9.78. The first-order valence-electron chi connectivity index (χ1n) is 9.68. The van der Waals surface area contributed by atoms with Crippen LogP contribution >= 0.6 is 0 Å². The summed E-state index contributed by atoms with van der Waals surface area (Å²) in [5, 5.41) is 0. The van der Waals surface area contributed by atoms with Gasteiger partial charge in [0, 0.05) is 0 Å². The zero-order valence-electron chi connectivity index (χ0n) is 14.1. The van der Waals surface area contributed by atoms with E-state index in [4.69, 9.17) is 4.74 Å². The van der Waals surface area contributed by atoms with Crippen molar-refractivity contribution < 1.29 is 9.53 Å². The maximum atomic E-state index is 11.8. The molecule has 0 N–H and O–H groups in total. The third kappa shape index (κ3) is 3.18. The molecule has 4 rings (SSSR count). The van der Waals surface area contributed by atoms with E-state index in [1.807, 2.05) is 0 Å². The standard InChI is InChI=1S/C21H28O2/c22-20-12-11-17-13-18(15-7-3-1-4-8-15)14-19(21(17)23-20)16-9-5-2-6-10-16/h13-16H,1-12H2. The van der Waals surface area contributed by atoms with Gasteiger partial charge in [-0.15, -0.1) is 0 Å². The van der Waals surface area contributed by atoms with Crippen LogP contribution in [-0.2, 0) is 11.2 Å². The fourth-order valence-electron chi connectivity index (χ4n) is 4.84. The van der Waals surface area contributed by atoms with Crippen LogP contribution in [0.5, 0.6) is 5.75 Å². The van der Waals surface area contributed by atoms with Crippen molar-refractivity contribution in [3.05, 3.63) is 28.8 Å². The van der Waals surface area contributed by atoms with Crippen molar-refractivity contribution in [1.82, 2.24) is 0 Å². The number of hydrogen-bond donors (Lipinski definition) is 0. The molecule has 2 nitrogen and oxygen atoms in total. The van der Waals surface area contributed by atoms with E-state index < -0.39 is 0 Å². The third-order valence-electron chi connectivity index (χ3n) is 6.15. The van der Waals surface area contributed by atoms with Crippen LogP contribution in [0, 0.1) is 0 Å². The maximum Gasteiger partial charge on any atom is 0.311 e. The van der Waals surface area contributed by atoms with Gasteiger partial charge in [0.2, 0.25) is 0 Å². The highest BCUT2D eigenvalue weighted by molar-refractivity contribution is 5.76. The molecule has 0 unspecified atom stereocenters. The van der Waals surface area contributed by atoms with E-state index in [0.29, 0.717) is 12.3 Å². The van der Waals surface area contributed by atoms with Crippen LogP contribution in [-0.4, -0.2) is 5.97 Å². The first-order valence-corrected chi connectivity index (χ1v) is 9.68. The Morgan fingerprint density at radius 1 is 0.783 bits per heavy atom. The van der Waals surface area contributed by atoms with Crippen molar-refractivity contribution in [2.75, 3.05) is 0 Å². The first-order chi connectivity index (χ1) is 11.3. The fourth-order valence-corrected chi connectivity index (χ4v) is 4.84. The lowest BCUT2D eigenvalue weighted by Gasteiger charge is -2.30. The van der Waals surface area contributed by atoms with Crippen molar-refractivity contribution in [2.45, 2.75) is 88.9 Å². The van der Waals surface area contributed by atoms with Crippen molar-refractivity contribution in [2.24, 2.45) is 0 Å². The average Bonchev–Trinajstić information content (AvgIpc) is 2.62. The van der Waals surface area contributed by atoms with E-state index in [-0.39, 0.29) is 5.97 Å². The van der Waals surface area contributed by atoms with Crippen molar-refractivity contribution >= 4 is 5.97 Å². The van der Waals surface area contributed by atoms with Gasteiger partial charge in [-0.25, -0.2) is 0 Å². The Bertz CT molecular complexity index is 578. The quantitative estimate of drug-likeness (QED) is 0.522. The van der Waals surface area contributed by atoms with E-state index in [1.165, 1.54) is 80.9 Å². The van der Waals surface area contributed by atoms with E-state index in [2.05, 4.69) is 12.1 Å². The molecule has 0 atom stereocenters. The van der Waals surface area contributed by atoms with E-state index in [0.717, 1.165) is 18.1 Å². The highest BCUT2D eigenvalue weighted by Crippen LogP contribution is 2.44. The Hall–Kier alpha value is -1.31. The van der Waals surface area contributed by atoms with E-state index in [9.17, 15) is 4.79 Å². The number of carbonyl (C=O) groups is 1. The van der Waals surface area contributed by atoms with Gasteiger partial charge in [-0.1, -0.05) is 50.7 Å². The number of esters is 1. The first kappa shape index (κ1) is 15.2. The molecule has 0 spiro atoms. The molecule has 1 aromatic carbocycles. The normalized spacial score (nSPS) is 23.4. The van der Waals surface area contributed by atoms with Gasteiger partial charge in [0.05, 0.1) is 6.42 Å². The lowest BCUT2D eigenvalue weighted by Crippen LogP contribution is -2.20. The maximum absolute atomic E-state index is 11.8. The molecule has 1 heterocycles. The molecular formula is C21H28O2. The van der Waals surface area contributed by atoms with Crippen LogP contribution in [0.15, 0.2) is 12.1 Å². The molecule has 0 saturated heterocycles. The molecule has 23 heavy (non-hydrogen) atoms. The van der Waals surface area contributed by atoms with Crippen LogP contribution in [0.3, 0.4) is 0 Å². The van der Waals surface area contributed by atoms with Crippen LogP contribution in [0.1, 0.15) is 99.2 Å². The molecule has 0 aromatic heterocycles. The number of fused-ring (bicyclic) bond motifs is 1. The molecule has 2 heteroatoms. The minimum absolute atomic E-state index is 0.0417. The molecule has 2 aliphatic carbocycles. The zero-order valence-corrected chi connectivity index (χ0v) is 14.1. The summed E-state index contributed by atoms with van der Waals surface area (Å²) in [4.78, 5) is 11.8. The number of rotatable bonds is 2. The predicted octanol–water partition coefficient (Wildman–Crippen LogP) is 5.63. The molecule has 2 saturated carbocycles. The molecule has 0 radical (unpaired) electrons. The summed E-state index contributed by atoms with van der Waals surface area (Å²) in [7, 11) is 0. The number of hydrogen-bond acceptors (Lipinski definition) is 2. The van der Waals surface area contributed by atoms with Gasteiger partial charge in [-0.3, -0.25) is 4.79 Å². The molecule has 124 valence electrons. The van der Waals surface area contributed by atoms with Gasteiger partial charge in [-0.05, 0) is 60.6 Å². The highest BCUT2D eigenvalue weighted by Gasteiger charge is 2.28. The SMILES string of the molecule is O=C1CCc2cc(C3CCCCC3)cc(C3CCCCC3)c2O1. The summed E-state index contributed by atoms with van der Waals surface area (Å²) in [6.07, 6.45) is 14.8. The number of ether oxygens (including phenoxy) is 1. The highest BCUT2D eigenvalue weighted by atomic mass is 16.5. The molecule has 3 aliphatic rings. The fraction of sp³-hybridized carbons (Fsp3) is 0.667. The lowest BCUT2D eigenvalue weighted by molar-refractivity contribution is -0.135. The minimum Gasteiger partial charge on any atom is -0.426 e. The summed E-state index contributed by atoms with van der Waals surface area (Å²) in [5.74, 6) is 2.23. The van der Waals surface area contributed by atoms with Crippen LogP contribution < -0.4 is 4.74 Å². The molecule has 1 aliphatic heterocycles. The summed E-state index contributed by atoms with van der Waals surface area (Å²) >= 11 is 0. The number of benzene rings is 1. The average molecular weight is 312 g/mol. The van der Waals surface area contributed by atoms with Crippen molar-refractivity contribution in [3.8, 4) is 5.75 Å². The van der Waals surface area contributed by atoms with Gasteiger partial charge < -0.3 is 4.74 Å². The second kappa shape index (κ2) is 6.67. The van der Waals surface area contributed by atoms with E-state index in [1.54, 1.807) is 0 Å². The second-order valence-electron chi connectivity index (χ2n) is 7.74. The summed E-state index contributed by atoms with van der Waals surface area (Å²) in [6.45, 7) is 0. The summed E-state index contributed by atoms with van der Waals surface area (Å²) in [5.41, 5.74) is 4.19. The summed E-state index contributed by atoms with van der Waals surface area (Å²) < 4.78 is 5.72. The number of aryl methyl sites for hydroxylation is 1.